The van der Waals surface area contributed by atoms with Gasteiger partial charge in [-0.15, -0.1) is 0 Å². The fourth-order valence-corrected chi connectivity index (χ4v) is 2.49. The summed E-state index contributed by atoms with van der Waals surface area (Å²) in [5.41, 5.74) is 2.64. The van der Waals surface area contributed by atoms with Gasteiger partial charge in [0.15, 0.2) is 0 Å². The van der Waals surface area contributed by atoms with Gasteiger partial charge in [-0.25, -0.2) is 0 Å². The fraction of sp³-hybridized carbons (Fsp3) is 0.625. The van der Waals surface area contributed by atoms with Crippen LogP contribution >= 0.6 is 0 Å². The number of hydrogen-bond donors (Lipinski definition) is 1. The van der Waals surface area contributed by atoms with Gasteiger partial charge >= 0.3 is 0 Å². The number of methoxy groups -OCH3 is 1. The SMILES string of the molecule is COc1ccc(C)cc1CC(C)CNC1CCC1. The Morgan fingerprint density at radius 2 is 2.17 bits per heavy atom. The summed E-state index contributed by atoms with van der Waals surface area (Å²) in [5, 5.41) is 3.65. The molecule has 100 valence electrons. The third kappa shape index (κ3) is 3.49. The van der Waals surface area contributed by atoms with E-state index in [9.17, 15) is 0 Å². The van der Waals surface area contributed by atoms with E-state index in [2.05, 4.69) is 37.4 Å². The van der Waals surface area contributed by atoms with Crippen LogP contribution < -0.4 is 10.1 Å². The monoisotopic (exact) mass is 247 g/mol. The van der Waals surface area contributed by atoms with Crippen LogP contribution in [0.3, 0.4) is 0 Å². The quantitative estimate of drug-likeness (QED) is 0.832. The first kappa shape index (κ1) is 13.4. The Kier molecular flexibility index (Phi) is 4.65. The molecule has 1 fully saturated rings. The molecule has 18 heavy (non-hydrogen) atoms. The molecule has 1 aliphatic carbocycles. The summed E-state index contributed by atoms with van der Waals surface area (Å²) in [6, 6.07) is 7.22. The molecule has 0 aromatic heterocycles. The molecule has 0 amide bonds. The molecule has 2 heteroatoms. The van der Waals surface area contributed by atoms with Crippen LogP contribution in [0, 0.1) is 12.8 Å². The molecule has 1 unspecified atom stereocenters. The number of hydrogen-bond acceptors (Lipinski definition) is 2. The maximum Gasteiger partial charge on any atom is 0.122 e. The van der Waals surface area contributed by atoms with Crippen molar-refractivity contribution >= 4 is 0 Å². The maximum atomic E-state index is 5.44. The van der Waals surface area contributed by atoms with E-state index in [1.807, 2.05) is 0 Å². The molecule has 0 radical (unpaired) electrons. The normalized spacial score (nSPS) is 17.3. The van der Waals surface area contributed by atoms with Gasteiger partial charge in [-0.05, 0) is 50.3 Å². The van der Waals surface area contributed by atoms with E-state index in [0.717, 1.165) is 24.8 Å². The summed E-state index contributed by atoms with van der Waals surface area (Å²) in [6.07, 6.45) is 5.21. The topological polar surface area (TPSA) is 21.3 Å². The minimum absolute atomic E-state index is 0.654. The van der Waals surface area contributed by atoms with E-state index in [-0.39, 0.29) is 0 Å². The largest absolute Gasteiger partial charge is 0.496 e. The summed E-state index contributed by atoms with van der Waals surface area (Å²) in [7, 11) is 1.76. The zero-order chi connectivity index (χ0) is 13.0. The summed E-state index contributed by atoms with van der Waals surface area (Å²) < 4.78 is 5.44. The van der Waals surface area contributed by atoms with Crippen molar-refractivity contribution in [2.45, 2.75) is 45.6 Å². The lowest BCUT2D eigenvalue weighted by Crippen LogP contribution is -2.38. The highest BCUT2D eigenvalue weighted by Crippen LogP contribution is 2.23. The zero-order valence-electron chi connectivity index (χ0n) is 11.8. The van der Waals surface area contributed by atoms with Crippen LogP contribution in [0.2, 0.25) is 0 Å². The number of nitrogens with one attached hydrogen (secondary N) is 1. The van der Waals surface area contributed by atoms with Gasteiger partial charge in [-0.3, -0.25) is 0 Å². The van der Waals surface area contributed by atoms with Crippen LogP contribution in [0.4, 0.5) is 0 Å². The summed E-state index contributed by atoms with van der Waals surface area (Å²) in [6.45, 7) is 5.56. The van der Waals surface area contributed by atoms with Gasteiger partial charge in [0.1, 0.15) is 5.75 Å². The van der Waals surface area contributed by atoms with Crippen molar-refractivity contribution < 1.29 is 4.74 Å². The summed E-state index contributed by atoms with van der Waals surface area (Å²) in [4.78, 5) is 0. The Bertz CT molecular complexity index is 385. The van der Waals surface area contributed by atoms with Crippen molar-refractivity contribution in [3.63, 3.8) is 0 Å². The van der Waals surface area contributed by atoms with Crippen LogP contribution in [0.5, 0.6) is 5.75 Å². The first-order valence-corrected chi connectivity index (χ1v) is 7.06. The molecule has 0 saturated heterocycles. The number of aryl methyl sites for hydroxylation is 1. The number of ether oxygens (including phenoxy) is 1. The second-order valence-electron chi connectivity index (χ2n) is 5.66. The predicted molar refractivity (Wildman–Crippen MR) is 76.2 cm³/mol. The smallest absolute Gasteiger partial charge is 0.122 e. The Morgan fingerprint density at radius 3 is 2.78 bits per heavy atom. The van der Waals surface area contributed by atoms with Gasteiger partial charge in [-0.2, -0.15) is 0 Å². The highest BCUT2D eigenvalue weighted by Gasteiger charge is 2.17. The van der Waals surface area contributed by atoms with E-state index in [4.69, 9.17) is 4.74 Å². The van der Waals surface area contributed by atoms with Gasteiger partial charge in [0.05, 0.1) is 7.11 Å². The maximum absolute atomic E-state index is 5.44. The minimum Gasteiger partial charge on any atom is -0.496 e. The van der Waals surface area contributed by atoms with Crippen molar-refractivity contribution in [2.24, 2.45) is 5.92 Å². The van der Waals surface area contributed by atoms with Crippen LogP contribution in [-0.4, -0.2) is 19.7 Å². The van der Waals surface area contributed by atoms with Crippen LogP contribution in [0.15, 0.2) is 18.2 Å². The van der Waals surface area contributed by atoms with E-state index in [0.29, 0.717) is 5.92 Å². The van der Waals surface area contributed by atoms with Crippen molar-refractivity contribution in [3.05, 3.63) is 29.3 Å². The van der Waals surface area contributed by atoms with Gasteiger partial charge in [0.2, 0.25) is 0 Å². The van der Waals surface area contributed by atoms with Gasteiger partial charge in [0, 0.05) is 6.04 Å². The average Bonchev–Trinajstić information content (AvgIpc) is 2.27. The summed E-state index contributed by atoms with van der Waals surface area (Å²) >= 11 is 0. The molecule has 0 aliphatic heterocycles. The second kappa shape index (κ2) is 6.24. The third-order valence-corrected chi connectivity index (χ3v) is 3.86. The molecule has 0 heterocycles. The summed E-state index contributed by atoms with van der Waals surface area (Å²) in [5.74, 6) is 1.68. The molecular formula is C16H25NO. The van der Waals surface area contributed by atoms with Gasteiger partial charge in [-0.1, -0.05) is 31.0 Å². The molecule has 1 aliphatic rings. The molecule has 1 saturated carbocycles. The minimum atomic E-state index is 0.654. The Labute approximate surface area is 111 Å². The molecule has 2 rings (SSSR count). The van der Waals surface area contributed by atoms with Crippen LogP contribution in [0.25, 0.3) is 0 Å². The fourth-order valence-electron chi connectivity index (χ4n) is 2.49. The van der Waals surface area contributed by atoms with Crippen molar-refractivity contribution in [1.29, 1.82) is 0 Å². The molecule has 0 spiro atoms. The Hall–Kier alpha value is -1.02. The molecule has 1 aromatic carbocycles. The third-order valence-electron chi connectivity index (χ3n) is 3.86. The van der Waals surface area contributed by atoms with Gasteiger partial charge < -0.3 is 10.1 Å². The van der Waals surface area contributed by atoms with Gasteiger partial charge in [0.25, 0.3) is 0 Å². The second-order valence-corrected chi connectivity index (χ2v) is 5.66. The molecule has 1 atom stereocenters. The molecule has 1 N–H and O–H groups in total. The number of benzene rings is 1. The first-order valence-electron chi connectivity index (χ1n) is 7.06. The number of rotatable bonds is 6. The Morgan fingerprint density at radius 1 is 1.39 bits per heavy atom. The van der Waals surface area contributed by atoms with Crippen molar-refractivity contribution in [3.8, 4) is 5.75 Å². The first-order chi connectivity index (χ1) is 8.69. The standard InChI is InChI=1S/C16H25NO/c1-12-7-8-16(18-3)14(9-12)10-13(2)11-17-15-5-4-6-15/h7-9,13,15,17H,4-6,10-11H2,1-3H3. The lowest BCUT2D eigenvalue weighted by Gasteiger charge is -2.28. The lowest BCUT2D eigenvalue weighted by atomic mass is 9.92. The van der Waals surface area contributed by atoms with E-state index in [1.54, 1.807) is 7.11 Å². The van der Waals surface area contributed by atoms with Crippen LogP contribution in [0.1, 0.15) is 37.3 Å². The Balaban J connectivity index is 1.88. The van der Waals surface area contributed by atoms with E-state index >= 15 is 0 Å². The van der Waals surface area contributed by atoms with Crippen LogP contribution in [-0.2, 0) is 6.42 Å². The molecular weight excluding hydrogens is 222 g/mol. The zero-order valence-corrected chi connectivity index (χ0v) is 11.8. The highest BCUT2D eigenvalue weighted by atomic mass is 16.5. The van der Waals surface area contributed by atoms with E-state index in [1.165, 1.54) is 30.4 Å². The molecule has 0 bridgehead atoms. The average molecular weight is 247 g/mol. The highest BCUT2D eigenvalue weighted by molar-refractivity contribution is 5.37. The predicted octanol–water partition coefficient (Wildman–Crippen LogP) is 3.32. The molecule has 1 aromatic rings. The molecule has 2 nitrogen and oxygen atoms in total. The van der Waals surface area contributed by atoms with E-state index < -0.39 is 0 Å². The van der Waals surface area contributed by atoms with Crippen molar-refractivity contribution in [2.75, 3.05) is 13.7 Å². The van der Waals surface area contributed by atoms with Crippen molar-refractivity contribution in [1.82, 2.24) is 5.32 Å². The lowest BCUT2D eigenvalue weighted by molar-refractivity contribution is 0.319.